The van der Waals surface area contributed by atoms with E-state index in [-0.39, 0.29) is 28.5 Å². The minimum absolute atomic E-state index is 0.0802. The van der Waals surface area contributed by atoms with Crippen molar-refractivity contribution in [2.45, 2.75) is 49.7 Å². The van der Waals surface area contributed by atoms with Crippen LogP contribution in [0.3, 0.4) is 0 Å². The second-order valence-corrected chi connectivity index (χ2v) is 11.7. The van der Waals surface area contributed by atoms with Crippen LogP contribution in [0.2, 0.25) is 0 Å². The fourth-order valence-electron chi connectivity index (χ4n) is 3.48. The molecule has 0 amide bonds. The smallest absolute Gasteiger partial charge is 0.351 e. The standard InChI is InChI=1S/C20H22F3N5O2S3/c1-12(2)18-24-10-16(32-18)17-15(20(21,22)23)9-25-19(27-17)26-13-3-6-28(7-4-13)33(29,30)14-5-8-31-11-14/h5,8-13H,3-4,6-7H2,1-2H3,(H,25,26,27). The van der Waals surface area contributed by atoms with E-state index in [1.807, 2.05) is 13.8 Å². The van der Waals surface area contributed by atoms with Gasteiger partial charge in [0.1, 0.15) is 5.56 Å². The fraction of sp³-hybridized carbons (Fsp3) is 0.450. The highest BCUT2D eigenvalue weighted by Gasteiger charge is 2.36. The quantitative estimate of drug-likeness (QED) is 0.491. The van der Waals surface area contributed by atoms with Crippen molar-refractivity contribution in [3.63, 3.8) is 0 Å². The van der Waals surface area contributed by atoms with Crippen LogP contribution in [0.5, 0.6) is 0 Å². The van der Waals surface area contributed by atoms with Gasteiger partial charge in [-0.15, -0.1) is 11.3 Å². The molecule has 1 saturated heterocycles. The number of piperidine rings is 1. The minimum atomic E-state index is -4.60. The molecule has 1 aliphatic rings. The Morgan fingerprint density at radius 2 is 1.91 bits per heavy atom. The van der Waals surface area contributed by atoms with Crippen LogP contribution in [0.15, 0.2) is 34.1 Å². The zero-order chi connectivity index (χ0) is 23.8. The van der Waals surface area contributed by atoms with Crippen molar-refractivity contribution in [1.29, 1.82) is 0 Å². The summed E-state index contributed by atoms with van der Waals surface area (Å²) in [4.78, 5) is 12.9. The topological polar surface area (TPSA) is 88.1 Å². The van der Waals surface area contributed by atoms with Gasteiger partial charge in [-0.2, -0.15) is 28.8 Å². The van der Waals surface area contributed by atoms with Crippen molar-refractivity contribution < 1.29 is 21.6 Å². The summed E-state index contributed by atoms with van der Waals surface area (Å²) in [7, 11) is -3.53. The van der Waals surface area contributed by atoms with Crippen LogP contribution in [0.25, 0.3) is 10.6 Å². The normalized spacial score (nSPS) is 16.4. The third kappa shape index (κ3) is 5.20. The molecular weight excluding hydrogens is 495 g/mol. The lowest BCUT2D eigenvalue weighted by Gasteiger charge is -2.31. The summed E-state index contributed by atoms with van der Waals surface area (Å²) in [5, 5.41) is 7.12. The van der Waals surface area contributed by atoms with Gasteiger partial charge in [0.25, 0.3) is 0 Å². The van der Waals surface area contributed by atoms with E-state index in [9.17, 15) is 21.6 Å². The Morgan fingerprint density at radius 1 is 1.18 bits per heavy atom. The van der Waals surface area contributed by atoms with Crippen LogP contribution < -0.4 is 5.32 Å². The Bertz CT molecular complexity index is 1200. The molecule has 0 bridgehead atoms. The number of halogens is 3. The van der Waals surface area contributed by atoms with Crippen LogP contribution in [-0.2, 0) is 16.2 Å². The van der Waals surface area contributed by atoms with Crippen LogP contribution >= 0.6 is 22.7 Å². The average Bonchev–Trinajstić information content (AvgIpc) is 3.46. The Hall–Kier alpha value is -2.09. The minimum Gasteiger partial charge on any atom is -0.351 e. The number of rotatable bonds is 6. The average molecular weight is 518 g/mol. The number of anilines is 1. The molecule has 13 heteroatoms. The zero-order valence-electron chi connectivity index (χ0n) is 17.8. The lowest BCUT2D eigenvalue weighted by molar-refractivity contribution is -0.137. The number of hydrogen-bond acceptors (Lipinski definition) is 8. The van der Waals surface area contributed by atoms with E-state index in [4.69, 9.17) is 0 Å². The molecule has 0 spiro atoms. The van der Waals surface area contributed by atoms with E-state index in [1.54, 1.807) is 16.8 Å². The van der Waals surface area contributed by atoms with E-state index >= 15 is 0 Å². The van der Waals surface area contributed by atoms with Crippen molar-refractivity contribution in [3.05, 3.63) is 39.8 Å². The van der Waals surface area contributed by atoms with Crippen molar-refractivity contribution in [3.8, 4) is 10.6 Å². The lowest BCUT2D eigenvalue weighted by Crippen LogP contribution is -2.42. The van der Waals surface area contributed by atoms with E-state index in [1.165, 1.54) is 33.2 Å². The highest BCUT2D eigenvalue weighted by atomic mass is 32.2. The van der Waals surface area contributed by atoms with Crippen LogP contribution in [0.1, 0.15) is 43.2 Å². The van der Waals surface area contributed by atoms with E-state index < -0.39 is 21.8 Å². The summed E-state index contributed by atoms with van der Waals surface area (Å²) in [6.07, 6.45) is -1.43. The predicted molar refractivity (Wildman–Crippen MR) is 122 cm³/mol. The highest BCUT2D eigenvalue weighted by Crippen LogP contribution is 2.39. The fourth-order valence-corrected chi connectivity index (χ4v) is 6.89. The van der Waals surface area contributed by atoms with Gasteiger partial charge in [0, 0.05) is 42.8 Å². The molecule has 7 nitrogen and oxygen atoms in total. The lowest BCUT2D eigenvalue weighted by atomic mass is 10.1. The summed E-state index contributed by atoms with van der Waals surface area (Å²) in [6.45, 7) is 4.45. The summed E-state index contributed by atoms with van der Waals surface area (Å²) in [5.41, 5.74) is -1.12. The summed E-state index contributed by atoms with van der Waals surface area (Å²) >= 11 is 2.50. The van der Waals surface area contributed by atoms with Crippen molar-refractivity contribution in [1.82, 2.24) is 19.3 Å². The van der Waals surface area contributed by atoms with E-state index in [2.05, 4.69) is 20.3 Å². The number of alkyl halides is 3. The number of thiazole rings is 1. The van der Waals surface area contributed by atoms with Crippen LogP contribution in [-0.4, -0.2) is 46.8 Å². The van der Waals surface area contributed by atoms with E-state index in [0.29, 0.717) is 30.8 Å². The molecule has 1 fully saturated rings. The first-order chi connectivity index (χ1) is 15.6. The Balaban J connectivity index is 1.51. The largest absolute Gasteiger partial charge is 0.420 e. The molecular formula is C20H22F3N5O2S3. The molecule has 1 aliphatic heterocycles. The molecule has 0 unspecified atom stereocenters. The summed E-state index contributed by atoms with van der Waals surface area (Å²) < 4.78 is 67.5. The Morgan fingerprint density at radius 3 is 2.48 bits per heavy atom. The molecule has 0 aliphatic carbocycles. The second-order valence-electron chi connectivity index (χ2n) is 7.95. The SMILES string of the molecule is CC(C)c1ncc(-c2nc(NC3CCN(S(=O)(=O)c4ccsc4)CC3)ncc2C(F)(F)F)s1. The molecule has 178 valence electrons. The number of aromatic nitrogens is 3. The first-order valence-electron chi connectivity index (χ1n) is 10.2. The molecule has 1 N–H and O–H groups in total. The van der Waals surface area contributed by atoms with Crippen molar-refractivity contribution in [2.75, 3.05) is 18.4 Å². The third-order valence-corrected chi connectivity index (χ3v) is 9.30. The van der Waals surface area contributed by atoms with Crippen molar-refractivity contribution in [2.24, 2.45) is 0 Å². The maximum atomic E-state index is 13.6. The number of hydrogen-bond donors (Lipinski definition) is 1. The van der Waals surface area contributed by atoms with Gasteiger partial charge >= 0.3 is 6.18 Å². The molecule has 4 rings (SSSR count). The highest BCUT2D eigenvalue weighted by molar-refractivity contribution is 7.89. The molecule has 0 saturated carbocycles. The predicted octanol–water partition coefficient (Wildman–Crippen LogP) is 5.07. The van der Waals surface area contributed by atoms with Gasteiger partial charge in [0.05, 0.1) is 20.5 Å². The van der Waals surface area contributed by atoms with Crippen LogP contribution in [0.4, 0.5) is 19.1 Å². The zero-order valence-corrected chi connectivity index (χ0v) is 20.3. The molecule has 0 atom stereocenters. The van der Waals surface area contributed by atoms with Gasteiger partial charge < -0.3 is 5.32 Å². The van der Waals surface area contributed by atoms with Crippen LogP contribution in [0, 0.1) is 0 Å². The Kier molecular flexibility index (Phi) is 6.76. The number of sulfonamides is 1. The van der Waals surface area contributed by atoms with Gasteiger partial charge in [-0.05, 0) is 24.3 Å². The van der Waals surface area contributed by atoms with E-state index in [0.717, 1.165) is 11.2 Å². The number of nitrogens with zero attached hydrogens (tertiary/aromatic N) is 4. The maximum absolute atomic E-state index is 13.6. The van der Waals surface area contributed by atoms with Gasteiger partial charge in [0.15, 0.2) is 0 Å². The van der Waals surface area contributed by atoms with Gasteiger partial charge in [0.2, 0.25) is 16.0 Å². The summed E-state index contributed by atoms with van der Waals surface area (Å²) in [5.74, 6) is 0.171. The first-order valence-corrected chi connectivity index (χ1v) is 13.4. The van der Waals surface area contributed by atoms with Gasteiger partial charge in [-0.3, -0.25) is 0 Å². The Labute approximate surface area is 197 Å². The molecule has 0 radical (unpaired) electrons. The number of nitrogens with one attached hydrogen (secondary N) is 1. The summed E-state index contributed by atoms with van der Waals surface area (Å²) in [6, 6.07) is 1.42. The molecule has 3 aromatic heterocycles. The monoisotopic (exact) mass is 517 g/mol. The maximum Gasteiger partial charge on any atom is 0.420 e. The molecule has 3 aromatic rings. The van der Waals surface area contributed by atoms with Crippen molar-refractivity contribution >= 4 is 38.6 Å². The van der Waals surface area contributed by atoms with Gasteiger partial charge in [-0.25, -0.2) is 23.4 Å². The first kappa shape index (κ1) is 24.0. The van der Waals surface area contributed by atoms with Gasteiger partial charge in [-0.1, -0.05) is 13.8 Å². The third-order valence-electron chi connectivity index (χ3n) is 5.27. The second kappa shape index (κ2) is 9.28. The molecule has 0 aromatic carbocycles. The number of thiophene rings is 1. The molecule has 33 heavy (non-hydrogen) atoms. The molecule has 4 heterocycles.